The summed E-state index contributed by atoms with van der Waals surface area (Å²) in [5, 5.41) is 15.7. The van der Waals surface area contributed by atoms with E-state index < -0.39 is 11.8 Å². The maximum absolute atomic E-state index is 14.1. The van der Waals surface area contributed by atoms with Gasteiger partial charge >= 0.3 is 5.97 Å². The highest BCUT2D eigenvalue weighted by Gasteiger charge is 2.28. The molecule has 2 unspecified atom stereocenters. The first-order valence-electron chi connectivity index (χ1n) is 12.3. The van der Waals surface area contributed by atoms with Crippen LogP contribution in [0.1, 0.15) is 64.3 Å². The number of aromatic carboxylic acids is 1. The van der Waals surface area contributed by atoms with Crippen molar-refractivity contribution in [3.63, 3.8) is 0 Å². The zero-order chi connectivity index (χ0) is 24.4. The Morgan fingerprint density at radius 1 is 1.03 bits per heavy atom. The minimum atomic E-state index is -1.23. The minimum absolute atomic E-state index is 0. The van der Waals surface area contributed by atoms with Crippen LogP contribution in [-0.4, -0.2) is 17.6 Å². The summed E-state index contributed by atoms with van der Waals surface area (Å²) >= 11 is 0. The second kappa shape index (κ2) is 11.2. The van der Waals surface area contributed by atoms with Gasteiger partial charge in [0.15, 0.2) is 0 Å². The molecule has 0 aliphatic heterocycles. The van der Waals surface area contributed by atoms with E-state index >= 15 is 0 Å². The third kappa shape index (κ3) is 5.30. The van der Waals surface area contributed by atoms with Gasteiger partial charge in [0, 0.05) is 12.0 Å². The number of nitrogens with one attached hydrogen (secondary N) is 1. The number of halogens is 2. The Morgan fingerprint density at radius 2 is 1.78 bits per heavy atom. The molecule has 0 heterocycles. The van der Waals surface area contributed by atoms with Crippen molar-refractivity contribution in [2.75, 3.05) is 6.54 Å². The molecule has 0 bridgehead atoms. The van der Waals surface area contributed by atoms with E-state index in [4.69, 9.17) is 0 Å². The molecule has 0 amide bonds. The van der Waals surface area contributed by atoms with Gasteiger partial charge < -0.3 is 10.4 Å². The second-order valence-electron chi connectivity index (χ2n) is 9.63. The maximum Gasteiger partial charge on any atom is 0.338 e. The van der Waals surface area contributed by atoms with Crippen LogP contribution in [0.5, 0.6) is 0 Å². The summed E-state index contributed by atoms with van der Waals surface area (Å²) in [6.07, 6.45) is 2.95. The first-order chi connectivity index (χ1) is 17.0. The SMILES string of the molecule is C[C@@H](NCCC1Cc2ccccc2C(c2ccc(F)c(C(=O)O)c2)C1)c1cccc2ccccc12.Cl. The average Bonchev–Trinajstić information content (AvgIpc) is 2.88. The summed E-state index contributed by atoms with van der Waals surface area (Å²) in [6, 6.07) is 28.1. The monoisotopic (exact) mass is 503 g/mol. The fraction of sp³-hybridized carbons (Fsp3) is 0.258. The Kier molecular flexibility index (Phi) is 8.07. The number of hydrogen-bond acceptors (Lipinski definition) is 2. The molecule has 3 nitrogen and oxygen atoms in total. The zero-order valence-electron chi connectivity index (χ0n) is 20.3. The van der Waals surface area contributed by atoms with E-state index in [0.29, 0.717) is 5.92 Å². The third-order valence-corrected chi connectivity index (χ3v) is 7.42. The molecule has 36 heavy (non-hydrogen) atoms. The molecule has 1 aliphatic rings. The van der Waals surface area contributed by atoms with Crippen molar-refractivity contribution in [2.24, 2.45) is 5.92 Å². The smallest absolute Gasteiger partial charge is 0.338 e. The molecule has 1 aliphatic carbocycles. The van der Waals surface area contributed by atoms with Crippen molar-refractivity contribution in [3.8, 4) is 0 Å². The number of benzene rings is 4. The molecule has 0 aromatic heterocycles. The van der Waals surface area contributed by atoms with Crippen molar-refractivity contribution in [1.29, 1.82) is 0 Å². The molecule has 5 rings (SSSR count). The largest absolute Gasteiger partial charge is 0.478 e. The molecule has 5 heteroatoms. The van der Waals surface area contributed by atoms with E-state index in [1.807, 2.05) is 6.07 Å². The lowest BCUT2D eigenvalue weighted by Crippen LogP contribution is -2.26. The van der Waals surface area contributed by atoms with Gasteiger partial charge in [-0.1, -0.05) is 72.8 Å². The lowest BCUT2D eigenvalue weighted by molar-refractivity contribution is 0.0691. The van der Waals surface area contributed by atoms with E-state index in [0.717, 1.165) is 31.4 Å². The molecule has 4 aromatic carbocycles. The summed E-state index contributed by atoms with van der Waals surface area (Å²) in [4.78, 5) is 11.5. The molecule has 4 aromatic rings. The predicted octanol–water partition coefficient (Wildman–Crippen LogP) is 7.53. The van der Waals surface area contributed by atoms with Crippen molar-refractivity contribution in [3.05, 3.63) is 119 Å². The lowest BCUT2D eigenvalue weighted by atomic mass is 9.73. The van der Waals surface area contributed by atoms with Gasteiger partial charge in [0.2, 0.25) is 0 Å². The highest BCUT2D eigenvalue weighted by molar-refractivity contribution is 5.88. The molecule has 0 saturated carbocycles. The van der Waals surface area contributed by atoms with Crippen LogP contribution >= 0.6 is 12.4 Å². The van der Waals surface area contributed by atoms with Crippen LogP contribution < -0.4 is 5.32 Å². The Morgan fingerprint density at radius 3 is 2.61 bits per heavy atom. The van der Waals surface area contributed by atoms with Crippen LogP contribution in [0.4, 0.5) is 4.39 Å². The molecule has 0 saturated heterocycles. The molecule has 186 valence electrons. The normalized spacial score (nSPS) is 17.7. The third-order valence-electron chi connectivity index (χ3n) is 7.42. The standard InChI is InChI=1S/C31H30FNO2.ClH/c1-20(25-12-6-9-22-7-2-4-10-26(22)25)33-16-15-21-17-23-8-3-5-11-27(23)28(18-21)24-13-14-30(32)29(19-24)31(34)35;/h2-14,19-21,28,33H,15-18H2,1H3,(H,34,35);1H/t20-,21?,28?;/m1./s1. The van der Waals surface area contributed by atoms with E-state index in [1.54, 1.807) is 6.07 Å². The van der Waals surface area contributed by atoms with Gasteiger partial charge in [-0.2, -0.15) is 0 Å². The topological polar surface area (TPSA) is 49.3 Å². The van der Waals surface area contributed by atoms with Crippen molar-refractivity contribution in [2.45, 2.75) is 38.1 Å². The fourth-order valence-electron chi connectivity index (χ4n) is 5.62. The van der Waals surface area contributed by atoms with Gasteiger partial charge in [0.25, 0.3) is 0 Å². The van der Waals surface area contributed by atoms with Crippen molar-refractivity contribution >= 4 is 29.1 Å². The molecule has 0 fully saturated rings. The van der Waals surface area contributed by atoms with Crippen LogP contribution in [0.2, 0.25) is 0 Å². The number of carbonyl (C=O) groups is 1. The number of carboxylic acids is 1. The van der Waals surface area contributed by atoms with Gasteiger partial charge in [-0.15, -0.1) is 12.4 Å². The first-order valence-corrected chi connectivity index (χ1v) is 12.3. The van der Waals surface area contributed by atoms with Crippen molar-refractivity contribution in [1.82, 2.24) is 5.32 Å². The van der Waals surface area contributed by atoms with E-state index in [2.05, 4.69) is 72.9 Å². The average molecular weight is 504 g/mol. The first kappa shape index (κ1) is 25.9. The van der Waals surface area contributed by atoms with E-state index in [9.17, 15) is 14.3 Å². The fourth-order valence-corrected chi connectivity index (χ4v) is 5.62. The minimum Gasteiger partial charge on any atom is -0.478 e. The van der Waals surface area contributed by atoms with Crippen LogP contribution in [-0.2, 0) is 6.42 Å². The Labute approximate surface area is 217 Å². The highest BCUT2D eigenvalue weighted by atomic mass is 35.5. The maximum atomic E-state index is 14.1. The molecule has 2 N–H and O–H groups in total. The lowest BCUT2D eigenvalue weighted by Gasteiger charge is -2.32. The van der Waals surface area contributed by atoms with Gasteiger partial charge in [-0.3, -0.25) is 0 Å². The number of fused-ring (bicyclic) bond motifs is 2. The highest BCUT2D eigenvalue weighted by Crippen LogP contribution is 2.40. The summed E-state index contributed by atoms with van der Waals surface area (Å²) in [5.74, 6) is -1.38. The summed E-state index contributed by atoms with van der Waals surface area (Å²) in [5.41, 5.74) is 4.45. The van der Waals surface area contributed by atoms with Gasteiger partial charge in [0.05, 0.1) is 5.56 Å². The molecule has 0 spiro atoms. The van der Waals surface area contributed by atoms with Gasteiger partial charge in [-0.25, -0.2) is 9.18 Å². The Hall–Kier alpha value is -3.21. The predicted molar refractivity (Wildman–Crippen MR) is 146 cm³/mol. The summed E-state index contributed by atoms with van der Waals surface area (Å²) in [7, 11) is 0. The number of hydrogen-bond donors (Lipinski definition) is 2. The van der Waals surface area contributed by atoms with Gasteiger partial charge in [0.1, 0.15) is 5.82 Å². The summed E-state index contributed by atoms with van der Waals surface area (Å²) in [6.45, 7) is 3.11. The molecular weight excluding hydrogens is 473 g/mol. The second-order valence-corrected chi connectivity index (χ2v) is 9.63. The van der Waals surface area contributed by atoms with Crippen LogP contribution in [0.15, 0.2) is 84.9 Å². The van der Waals surface area contributed by atoms with E-state index in [-0.39, 0.29) is 29.9 Å². The Bertz CT molecular complexity index is 1370. The van der Waals surface area contributed by atoms with Crippen molar-refractivity contribution < 1.29 is 14.3 Å². The quantitative estimate of drug-likeness (QED) is 0.274. The molecule has 0 radical (unpaired) electrons. The number of rotatable bonds is 7. The van der Waals surface area contributed by atoms with Crippen LogP contribution in [0.25, 0.3) is 10.8 Å². The Balaban J connectivity index is 0.00000304. The van der Waals surface area contributed by atoms with Crippen LogP contribution in [0.3, 0.4) is 0 Å². The van der Waals surface area contributed by atoms with E-state index in [1.165, 1.54) is 39.6 Å². The summed E-state index contributed by atoms with van der Waals surface area (Å²) < 4.78 is 14.1. The van der Waals surface area contributed by atoms with Gasteiger partial charge in [-0.05, 0) is 83.8 Å². The zero-order valence-corrected chi connectivity index (χ0v) is 21.1. The molecular formula is C31H31ClFNO2. The number of carboxylic acid groups (broad SMARTS) is 1. The van der Waals surface area contributed by atoms with Crippen LogP contribution in [0, 0.1) is 11.7 Å². The molecule has 3 atom stereocenters.